The van der Waals surface area contributed by atoms with Crippen LogP contribution >= 0.6 is 23.2 Å². The first kappa shape index (κ1) is 16.7. The molecule has 0 atom stereocenters. The van der Waals surface area contributed by atoms with Crippen LogP contribution in [0.2, 0.25) is 10.0 Å². The number of rotatable bonds is 2. The van der Waals surface area contributed by atoms with E-state index in [4.69, 9.17) is 28.5 Å². The molecule has 0 radical (unpaired) electrons. The minimum atomic E-state index is -0.791. The van der Waals surface area contributed by atoms with Gasteiger partial charge in [-0.1, -0.05) is 23.2 Å². The predicted molar refractivity (Wildman–Crippen MR) is 82.6 cm³/mol. The Morgan fingerprint density at radius 2 is 1.91 bits per heavy atom. The van der Waals surface area contributed by atoms with Gasteiger partial charge in [-0.15, -0.1) is 0 Å². The van der Waals surface area contributed by atoms with E-state index in [-0.39, 0.29) is 38.0 Å². The molecule has 2 rings (SSSR count). The van der Waals surface area contributed by atoms with Crippen molar-refractivity contribution in [2.75, 3.05) is 0 Å². The van der Waals surface area contributed by atoms with E-state index in [1.165, 1.54) is 19.1 Å². The number of nitro groups is 1. The molecule has 1 aliphatic rings. The highest BCUT2D eigenvalue weighted by atomic mass is 35.5. The average molecular weight is 352 g/mol. The second-order valence-corrected chi connectivity index (χ2v) is 5.35. The van der Waals surface area contributed by atoms with Crippen LogP contribution in [0.15, 0.2) is 28.9 Å². The van der Waals surface area contributed by atoms with Crippen LogP contribution in [0.4, 0.5) is 5.69 Å². The summed E-state index contributed by atoms with van der Waals surface area (Å²) in [6.07, 6.45) is 1.26. The first-order valence-corrected chi connectivity index (χ1v) is 6.84. The lowest BCUT2D eigenvalue weighted by atomic mass is 9.95. The summed E-state index contributed by atoms with van der Waals surface area (Å²) in [7, 11) is 0. The molecule has 0 saturated heterocycles. The van der Waals surface area contributed by atoms with Crippen LogP contribution in [-0.2, 0) is 9.59 Å². The van der Waals surface area contributed by atoms with Gasteiger partial charge in [-0.25, -0.2) is 0 Å². The topological polar surface area (TPSA) is 113 Å². The lowest BCUT2D eigenvalue weighted by Crippen LogP contribution is -2.37. The zero-order valence-electron chi connectivity index (χ0n) is 11.5. The third kappa shape index (κ3) is 3.08. The van der Waals surface area contributed by atoms with E-state index in [1.54, 1.807) is 6.07 Å². The number of carbonyl (C=O) groups excluding carboxylic acids is 2. The second-order valence-electron chi connectivity index (χ2n) is 4.54. The summed E-state index contributed by atoms with van der Waals surface area (Å²) in [6.45, 7) is 1.43. The maximum atomic E-state index is 11.9. The Morgan fingerprint density at radius 1 is 1.26 bits per heavy atom. The van der Waals surface area contributed by atoms with Gasteiger partial charge in [0.05, 0.1) is 4.92 Å². The van der Waals surface area contributed by atoms with E-state index < -0.39 is 16.7 Å². The SMILES string of the molecule is CC1=C(C#N)C(=O)NC(=O)/C1=C/c1cc([N+](=O)[O-])c(Cl)cc1Cl. The van der Waals surface area contributed by atoms with Crippen molar-refractivity contribution in [3.8, 4) is 6.07 Å². The first-order chi connectivity index (χ1) is 10.8. The minimum Gasteiger partial charge on any atom is -0.288 e. The van der Waals surface area contributed by atoms with Gasteiger partial charge in [-0.2, -0.15) is 5.26 Å². The summed E-state index contributed by atoms with van der Waals surface area (Å²) in [4.78, 5) is 33.7. The molecule has 1 aromatic rings. The van der Waals surface area contributed by atoms with Crippen molar-refractivity contribution in [3.63, 3.8) is 0 Å². The molecule has 0 saturated carbocycles. The maximum absolute atomic E-state index is 11.9. The smallest absolute Gasteiger partial charge is 0.288 e. The number of benzene rings is 1. The number of carbonyl (C=O) groups is 2. The van der Waals surface area contributed by atoms with Crippen LogP contribution in [0.1, 0.15) is 12.5 Å². The van der Waals surface area contributed by atoms with Crippen LogP contribution < -0.4 is 5.32 Å². The minimum absolute atomic E-state index is 0.0136. The van der Waals surface area contributed by atoms with Crippen molar-refractivity contribution in [1.29, 1.82) is 5.26 Å². The Hall–Kier alpha value is -2.69. The predicted octanol–water partition coefficient (Wildman–Crippen LogP) is 2.78. The van der Waals surface area contributed by atoms with Crippen LogP contribution in [0.5, 0.6) is 0 Å². The molecule has 0 aliphatic carbocycles. The van der Waals surface area contributed by atoms with Crippen LogP contribution in [-0.4, -0.2) is 16.7 Å². The summed E-state index contributed by atoms with van der Waals surface area (Å²) in [5.41, 5.74) is -0.249. The van der Waals surface area contributed by atoms with Gasteiger partial charge in [0.2, 0.25) is 0 Å². The zero-order chi connectivity index (χ0) is 17.3. The van der Waals surface area contributed by atoms with Gasteiger partial charge in [-0.05, 0) is 24.6 Å². The highest BCUT2D eigenvalue weighted by Gasteiger charge is 2.28. The van der Waals surface area contributed by atoms with E-state index in [2.05, 4.69) is 0 Å². The fraction of sp³-hybridized carbons (Fsp3) is 0.0714. The quantitative estimate of drug-likeness (QED) is 0.381. The zero-order valence-corrected chi connectivity index (χ0v) is 13.0. The van der Waals surface area contributed by atoms with Crippen molar-refractivity contribution in [3.05, 3.63) is 54.6 Å². The Balaban J connectivity index is 2.66. The monoisotopic (exact) mass is 351 g/mol. The van der Waals surface area contributed by atoms with Gasteiger partial charge in [-0.3, -0.25) is 25.0 Å². The summed E-state index contributed by atoms with van der Waals surface area (Å²) in [6, 6.07) is 4.00. The molecular formula is C14H7Cl2N3O4. The maximum Gasteiger partial charge on any atom is 0.288 e. The van der Waals surface area contributed by atoms with E-state index in [0.717, 1.165) is 6.07 Å². The molecule has 1 aliphatic heterocycles. The molecular weight excluding hydrogens is 345 g/mol. The van der Waals surface area contributed by atoms with Crippen LogP contribution in [0, 0.1) is 21.4 Å². The van der Waals surface area contributed by atoms with E-state index >= 15 is 0 Å². The van der Waals surface area contributed by atoms with Gasteiger partial charge < -0.3 is 0 Å². The number of nitro benzene ring substituents is 1. The molecule has 1 N–H and O–H groups in total. The lowest BCUT2D eigenvalue weighted by Gasteiger charge is -2.16. The molecule has 23 heavy (non-hydrogen) atoms. The molecule has 2 amide bonds. The molecule has 9 heteroatoms. The Morgan fingerprint density at radius 3 is 2.48 bits per heavy atom. The van der Waals surface area contributed by atoms with Crippen molar-refractivity contribution in [2.24, 2.45) is 0 Å². The number of nitrogens with zero attached hydrogens (tertiary/aromatic N) is 2. The number of hydrogen-bond donors (Lipinski definition) is 1. The summed E-state index contributed by atoms with van der Waals surface area (Å²) in [5, 5.41) is 21.9. The molecule has 116 valence electrons. The van der Waals surface area contributed by atoms with Gasteiger partial charge in [0.25, 0.3) is 17.5 Å². The van der Waals surface area contributed by atoms with Gasteiger partial charge in [0.1, 0.15) is 16.7 Å². The Kier molecular flexibility index (Phi) is 4.50. The normalized spacial score (nSPS) is 16.3. The van der Waals surface area contributed by atoms with Crippen LogP contribution in [0.25, 0.3) is 6.08 Å². The highest BCUT2D eigenvalue weighted by Crippen LogP contribution is 2.33. The standard InChI is InChI=1S/C14H7Cl2N3O4/c1-6-8(13(20)18-14(21)9(6)5-17)2-7-3-12(19(22)23)11(16)4-10(7)15/h2-4H,1H3,(H,18,20,21)/b8-2+. The molecule has 0 spiro atoms. The molecule has 0 unspecified atom stereocenters. The number of amides is 2. The molecule has 0 aromatic heterocycles. The summed E-state index contributed by atoms with van der Waals surface area (Å²) in [5.74, 6) is -1.51. The molecule has 1 aromatic carbocycles. The van der Waals surface area contributed by atoms with E-state index in [9.17, 15) is 19.7 Å². The fourth-order valence-electron chi connectivity index (χ4n) is 1.98. The molecule has 7 nitrogen and oxygen atoms in total. The van der Waals surface area contributed by atoms with Crippen molar-refractivity contribution >= 4 is 46.8 Å². The fourth-order valence-corrected chi connectivity index (χ4v) is 2.48. The number of halogens is 2. The number of nitriles is 1. The largest absolute Gasteiger partial charge is 0.288 e. The third-order valence-electron chi connectivity index (χ3n) is 3.15. The van der Waals surface area contributed by atoms with Gasteiger partial charge in [0, 0.05) is 22.2 Å². The number of hydrogen-bond acceptors (Lipinski definition) is 5. The number of nitrogens with one attached hydrogen (secondary N) is 1. The van der Waals surface area contributed by atoms with Gasteiger partial charge >= 0.3 is 0 Å². The van der Waals surface area contributed by atoms with Crippen molar-refractivity contribution < 1.29 is 14.5 Å². The van der Waals surface area contributed by atoms with E-state index in [1.807, 2.05) is 5.32 Å². The Labute approximate surface area is 139 Å². The highest BCUT2D eigenvalue weighted by molar-refractivity contribution is 6.37. The Bertz CT molecular complexity index is 866. The summed E-state index contributed by atoms with van der Waals surface area (Å²) >= 11 is 11.7. The summed E-state index contributed by atoms with van der Waals surface area (Å²) < 4.78 is 0. The third-order valence-corrected chi connectivity index (χ3v) is 3.78. The van der Waals surface area contributed by atoms with Crippen molar-refractivity contribution in [1.82, 2.24) is 5.32 Å². The average Bonchev–Trinajstić information content (AvgIpc) is 2.45. The van der Waals surface area contributed by atoms with Crippen molar-refractivity contribution in [2.45, 2.75) is 6.92 Å². The first-order valence-electron chi connectivity index (χ1n) is 6.08. The van der Waals surface area contributed by atoms with Crippen LogP contribution in [0.3, 0.4) is 0 Å². The molecule has 0 fully saturated rings. The van der Waals surface area contributed by atoms with Gasteiger partial charge in [0.15, 0.2) is 0 Å². The van der Waals surface area contributed by atoms with E-state index in [0.29, 0.717) is 0 Å². The second kappa shape index (κ2) is 6.20. The number of imide groups is 1. The molecule has 1 heterocycles. The molecule has 0 bridgehead atoms. The lowest BCUT2D eigenvalue weighted by molar-refractivity contribution is -0.384.